The van der Waals surface area contributed by atoms with Crippen molar-refractivity contribution in [2.75, 3.05) is 7.11 Å². The van der Waals surface area contributed by atoms with Crippen molar-refractivity contribution in [3.05, 3.63) is 69.8 Å². The van der Waals surface area contributed by atoms with E-state index in [1.807, 2.05) is 0 Å². The molecule has 1 N–H and O–H groups in total. The van der Waals surface area contributed by atoms with Gasteiger partial charge in [0.1, 0.15) is 0 Å². The van der Waals surface area contributed by atoms with E-state index in [4.69, 9.17) is 4.74 Å². The number of hydrogen-bond acceptors (Lipinski definition) is 5. The maximum absolute atomic E-state index is 12.1. The highest BCUT2D eigenvalue weighted by molar-refractivity contribution is 6.07. The number of ketones is 1. The van der Waals surface area contributed by atoms with Gasteiger partial charge < -0.3 is 9.84 Å². The molecule has 0 saturated heterocycles. The lowest BCUT2D eigenvalue weighted by Crippen LogP contribution is -1.96. The van der Waals surface area contributed by atoms with Crippen molar-refractivity contribution >= 4 is 17.5 Å². The molecule has 0 aromatic heterocycles. The van der Waals surface area contributed by atoms with Gasteiger partial charge in [-0.3, -0.25) is 14.9 Å². The number of benzene rings is 2. The third-order valence-corrected chi connectivity index (χ3v) is 3.01. The summed E-state index contributed by atoms with van der Waals surface area (Å²) in [6, 6.07) is 10.3. The average Bonchev–Trinajstić information content (AvgIpc) is 2.53. The minimum absolute atomic E-state index is 0.0678. The van der Waals surface area contributed by atoms with Crippen LogP contribution in [0.25, 0.3) is 6.08 Å². The van der Waals surface area contributed by atoms with Crippen LogP contribution in [0, 0.1) is 10.1 Å². The van der Waals surface area contributed by atoms with E-state index >= 15 is 0 Å². The highest BCUT2D eigenvalue weighted by atomic mass is 16.6. The molecule has 0 atom stereocenters. The molecule has 0 saturated carbocycles. The van der Waals surface area contributed by atoms with Crippen molar-refractivity contribution in [1.29, 1.82) is 0 Å². The van der Waals surface area contributed by atoms with Gasteiger partial charge in [-0.05, 0) is 36.4 Å². The van der Waals surface area contributed by atoms with Gasteiger partial charge in [0.15, 0.2) is 17.3 Å². The summed E-state index contributed by atoms with van der Waals surface area (Å²) in [5.74, 6) is -0.233. The molecule has 0 unspecified atom stereocenters. The van der Waals surface area contributed by atoms with E-state index in [1.54, 1.807) is 18.2 Å². The first-order chi connectivity index (χ1) is 10.5. The van der Waals surface area contributed by atoms with E-state index in [1.165, 1.54) is 43.5 Å². The minimum atomic E-state index is -0.506. The number of hydrogen-bond donors (Lipinski definition) is 1. The summed E-state index contributed by atoms with van der Waals surface area (Å²) >= 11 is 0. The van der Waals surface area contributed by atoms with Gasteiger partial charge >= 0.3 is 0 Å². The molecule has 6 heteroatoms. The maximum atomic E-state index is 12.1. The predicted molar refractivity (Wildman–Crippen MR) is 81.1 cm³/mol. The van der Waals surface area contributed by atoms with Crippen LogP contribution >= 0.6 is 0 Å². The lowest BCUT2D eigenvalue weighted by atomic mass is 10.1. The summed E-state index contributed by atoms with van der Waals surface area (Å²) in [5.41, 5.74) is 0.575. The third kappa shape index (κ3) is 3.29. The van der Waals surface area contributed by atoms with Gasteiger partial charge in [0.05, 0.1) is 17.6 Å². The van der Waals surface area contributed by atoms with Crippen molar-refractivity contribution in [2.45, 2.75) is 0 Å². The van der Waals surface area contributed by atoms with Crippen LogP contribution in [-0.4, -0.2) is 22.9 Å². The van der Waals surface area contributed by atoms with Crippen molar-refractivity contribution < 1.29 is 19.6 Å². The second kappa shape index (κ2) is 6.53. The fraction of sp³-hybridized carbons (Fsp3) is 0.0625. The molecule has 0 amide bonds. The Morgan fingerprint density at radius 3 is 2.68 bits per heavy atom. The van der Waals surface area contributed by atoms with Crippen LogP contribution in [0.2, 0.25) is 0 Å². The number of nitrogens with zero attached hydrogens (tertiary/aromatic N) is 1. The maximum Gasteiger partial charge on any atom is 0.276 e. The molecule has 0 bridgehead atoms. The van der Waals surface area contributed by atoms with Crippen LogP contribution in [0.4, 0.5) is 5.69 Å². The van der Waals surface area contributed by atoms with E-state index < -0.39 is 4.92 Å². The number of ether oxygens (including phenoxy) is 1. The van der Waals surface area contributed by atoms with Crippen LogP contribution in [0.3, 0.4) is 0 Å². The number of nitro groups is 1. The second-order valence-electron chi connectivity index (χ2n) is 4.40. The fourth-order valence-corrected chi connectivity index (χ4v) is 1.89. The van der Waals surface area contributed by atoms with Crippen LogP contribution < -0.4 is 4.74 Å². The van der Waals surface area contributed by atoms with Gasteiger partial charge in [0.2, 0.25) is 0 Å². The Bertz CT molecular complexity index is 752. The Kier molecular flexibility index (Phi) is 4.53. The molecule has 22 heavy (non-hydrogen) atoms. The number of methoxy groups -OCH3 is 1. The number of carbonyl (C=O) groups excluding carboxylic acids is 1. The van der Waals surface area contributed by atoms with Gasteiger partial charge in [-0.2, -0.15) is 0 Å². The summed E-state index contributed by atoms with van der Waals surface area (Å²) in [7, 11) is 1.38. The zero-order chi connectivity index (χ0) is 16.1. The van der Waals surface area contributed by atoms with Gasteiger partial charge in [-0.15, -0.1) is 0 Å². The molecule has 2 aromatic rings. The van der Waals surface area contributed by atoms with Gasteiger partial charge in [0, 0.05) is 11.6 Å². The molecule has 0 heterocycles. The minimum Gasteiger partial charge on any atom is -0.504 e. The molecule has 0 fully saturated rings. The highest BCUT2D eigenvalue weighted by Gasteiger charge is 2.11. The van der Waals surface area contributed by atoms with E-state index in [9.17, 15) is 20.0 Å². The molecule has 0 aliphatic carbocycles. The molecule has 0 spiro atoms. The Balaban J connectivity index is 2.27. The van der Waals surface area contributed by atoms with Crippen molar-refractivity contribution in [3.8, 4) is 11.5 Å². The van der Waals surface area contributed by atoms with Crippen LogP contribution in [0.1, 0.15) is 15.9 Å². The van der Waals surface area contributed by atoms with Gasteiger partial charge in [-0.1, -0.05) is 12.1 Å². The smallest absolute Gasteiger partial charge is 0.276 e. The first kappa shape index (κ1) is 15.2. The Morgan fingerprint density at radius 2 is 2.00 bits per heavy atom. The van der Waals surface area contributed by atoms with Gasteiger partial charge in [0.25, 0.3) is 5.69 Å². The van der Waals surface area contributed by atoms with E-state index in [-0.39, 0.29) is 23.0 Å². The topological polar surface area (TPSA) is 89.7 Å². The lowest BCUT2D eigenvalue weighted by molar-refractivity contribution is -0.385. The Hall–Kier alpha value is -3.15. The van der Waals surface area contributed by atoms with Crippen molar-refractivity contribution in [1.82, 2.24) is 0 Å². The fourth-order valence-electron chi connectivity index (χ4n) is 1.89. The van der Waals surface area contributed by atoms with E-state index in [0.29, 0.717) is 11.1 Å². The zero-order valence-electron chi connectivity index (χ0n) is 11.7. The molecule has 2 rings (SSSR count). The lowest BCUT2D eigenvalue weighted by Gasteiger charge is -2.04. The number of aromatic hydroxyl groups is 1. The number of allylic oxidation sites excluding steroid dienone is 1. The van der Waals surface area contributed by atoms with E-state index in [2.05, 4.69) is 0 Å². The SMILES string of the molecule is COc1cc(C(=O)/C=C/c2ccccc2[N+](=O)[O-])ccc1O. The second-order valence-corrected chi connectivity index (χ2v) is 4.40. The standard InChI is InChI=1S/C16H13NO5/c1-22-16-10-12(7-9-15(16)19)14(18)8-6-11-4-2-3-5-13(11)17(20)21/h2-10,19H,1H3/b8-6+. The summed E-state index contributed by atoms with van der Waals surface area (Å²) in [6.45, 7) is 0. The molecular formula is C16H13NO5. The summed E-state index contributed by atoms with van der Waals surface area (Å²) in [5, 5.41) is 20.4. The third-order valence-electron chi connectivity index (χ3n) is 3.01. The molecular weight excluding hydrogens is 286 g/mol. The summed E-state index contributed by atoms with van der Waals surface area (Å²) in [6.07, 6.45) is 2.63. The molecule has 112 valence electrons. The first-order valence-electron chi connectivity index (χ1n) is 6.35. The summed E-state index contributed by atoms with van der Waals surface area (Å²) in [4.78, 5) is 22.5. The largest absolute Gasteiger partial charge is 0.504 e. The normalized spacial score (nSPS) is 10.6. The zero-order valence-corrected chi connectivity index (χ0v) is 11.7. The van der Waals surface area contributed by atoms with Crippen LogP contribution in [-0.2, 0) is 0 Å². The van der Waals surface area contributed by atoms with Crippen molar-refractivity contribution in [3.63, 3.8) is 0 Å². The van der Waals surface area contributed by atoms with Crippen molar-refractivity contribution in [2.24, 2.45) is 0 Å². The molecule has 6 nitrogen and oxygen atoms in total. The monoisotopic (exact) mass is 299 g/mol. The Morgan fingerprint density at radius 1 is 1.27 bits per heavy atom. The molecule has 0 aliphatic heterocycles. The van der Waals surface area contributed by atoms with Gasteiger partial charge in [-0.25, -0.2) is 0 Å². The average molecular weight is 299 g/mol. The quantitative estimate of drug-likeness (QED) is 0.396. The number of rotatable bonds is 5. The van der Waals surface area contributed by atoms with E-state index in [0.717, 1.165) is 0 Å². The number of carbonyl (C=O) groups is 1. The highest BCUT2D eigenvalue weighted by Crippen LogP contribution is 2.27. The molecule has 2 aromatic carbocycles. The molecule has 0 radical (unpaired) electrons. The summed E-state index contributed by atoms with van der Waals surface area (Å²) < 4.78 is 4.93. The number of phenolic OH excluding ortho intramolecular Hbond substituents is 1. The number of nitro benzene ring substituents is 1. The van der Waals surface area contributed by atoms with Crippen LogP contribution in [0.15, 0.2) is 48.5 Å². The Labute approximate surface area is 126 Å². The van der Waals surface area contributed by atoms with Crippen LogP contribution in [0.5, 0.6) is 11.5 Å². The number of para-hydroxylation sites is 1. The predicted octanol–water partition coefficient (Wildman–Crippen LogP) is 3.21. The first-order valence-corrected chi connectivity index (χ1v) is 6.35. The molecule has 0 aliphatic rings. The number of phenols is 1.